The normalized spacial score (nSPS) is 27.7. The quantitative estimate of drug-likeness (QED) is 0.802. The van der Waals surface area contributed by atoms with Crippen LogP contribution in [0.2, 0.25) is 0 Å². The second kappa shape index (κ2) is 8.11. The number of aromatic nitrogens is 2. The molecule has 1 saturated heterocycles. The smallest absolute Gasteiger partial charge is 0.263 e. The maximum absolute atomic E-state index is 13.4. The summed E-state index contributed by atoms with van der Waals surface area (Å²) in [5.74, 6) is 1.52. The number of aryl methyl sites for hydroxylation is 1. The van der Waals surface area contributed by atoms with E-state index in [9.17, 15) is 9.59 Å². The third-order valence-electron chi connectivity index (χ3n) is 7.19. The summed E-state index contributed by atoms with van der Waals surface area (Å²) in [6.45, 7) is 3.25. The number of methoxy groups -OCH3 is 1. The van der Waals surface area contributed by atoms with Crippen molar-refractivity contribution < 1.29 is 9.53 Å². The zero-order valence-corrected chi connectivity index (χ0v) is 18.2. The van der Waals surface area contributed by atoms with E-state index in [1.165, 1.54) is 0 Å². The average molecular weight is 423 g/mol. The third-order valence-corrected chi connectivity index (χ3v) is 7.19. The first-order valence-electron chi connectivity index (χ1n) is 11.3. The minimum atomic E-state index is -0.133. The van der Waals surface area contributed by atoms with Crippen molar-refractivity contribution in [2.24, 2.45) is 11.8 Å². The number of pyridine rings is 2. The van der Waals surface area contributed by atoms with Gasteiger partial charge in [-0.05, 0) is 68.2 Å². The van der Waals surface area contributed by atoms with Crippen molar-refractivity contribution in [3.8, 4) is 0 Å². The second-order valence-electron chi connectivity index (χ2n) is 9.26. The first kappa shape index (κ1) is 20.2. The number of likely N-dealkylation sites (tertiary alicyclic amines) is 1. The Morgan fingerprint density at radius 1 is 1.16 bits per heavy atom. The molecule has 0 spiro atoms. The molecular formula is C24H30N4O3. The fraction of sp³-hybridized carbons (Fsp3) is 0.542. The van der Waals surface area contributed by atoms with E-state index < -0.39 is 0 Å². The Balaban J connectivity index is 1.33. The van der Waals surface area contributed by atoms with Crippen LogP contribution in [0.25, 0.3) is 0 Å². The van der Waals surface area contributed by atoms with Gasteiger partial charge < -0.3 is 19.5 Å². The number of carbonyl (C=O) groups is 1. The van der Waals surface area contributed by atoms with Crippen LogP contribution in [0.1, 0.15) is 47.6 Å². The molecule has 0 aromatic carbocycles. The van der Waals surface area contributed by atoms with E-state index in [0.717, 1.165) is 37.1 Å². The first-order valence-corrected chi connectivity index (χ1v) is 11.3. The fourth-order valence-electron chi connectivity index (χ4n) is 5.33. The number of nitrogens with zero attached hydrogens (tertiary/aromatic N) is 3. The van der Waals surface area contributed by atoms with Gasteiger partial charge in [-0.1, -0.05) is 6.07 Å². The zero-order chi connectivity index (χ0) is 21.5. The standard InChI is InChI=1S/C24H30N4O3/c1-15-8-10-28(18-6-7-18)24(30)22(15)23(29)27-13-16-11-19(20(31-2)12-17(16)14-27)26-21-5-3-4-9-25-21/h3-5,8-10,16-20H,6-7,11-14H2,1-2H3,(H,25,26)/t16-,17+,19-,20-/m1/s1. The van der Waals surface area contributed by atoms with Gasteiger partial charge in [0, 0.05) is 38.6 Å². The van der Waals surface area contributed by atoms with Crippen molar-refractivity contribution in [1.29, 1.82) is 0 Å². The molecule has 1 amide bonds. The first-order chi connectivity index (χ1) is 15.0. The van der Waals surface area contributed by atoms with Crippen LogP contribution < -0.4 is 10.9 Å². The lowest BCUT2D eigenvalue weighted by atomic mass is 9.77. The number of nitrogens with one attached hydrogen (secondary N) is 1. The molecule has 7 heteroatoms. The average Bonchev–Trinajstić information content (AvgIpc) is 3.52. The molecule has 1 aliphatic heterocycles. The van der Waals surface area contributed by atoms with Crippen molar-refractivity contribution in [1.82, 2.24) is 14.5 Å². The summed E-state index contributed by atoms with van der Waals surface area (Å²) in [5.41, 5.74) is 0.984. The largest absolute Gasteiger partial charge is 0.379 e. The lowest BCUT2D eigenvalue weighted by Gasteiger charge is -2.37. The van der Waals surface area contributed by atoms with Crippen molar-refractivity contribution in [2.45, 2.75) is 50.8 Å². The number of hydrogen-bond acceptors (Lipinski definition) is 5. The van der Waals surface area contributed by atoms with Crippen LogP contribution in [-0.2, 0) is 4.74 Å². The maximum Gasteiger partial charge on any atom is 0.263 e. The summed E-state index contributed by atoms with van der Waals surface area (Å²) in [4.78, 5) is 32.7. The Labute approximate surface area is 182 Å². The molecule has 31 heavy (non-hydrogen) atoms. The monoisotopic (exact) mass is 422 g/mol. The maximum atomic E-state index is 13.4. The summed E-state index contributed by atoms with van der Waals surface area (Å²) in [6.07, 6.45) is 7.55. The van der Waals surface area contributed by atoms with Gasteiger partial charge >= 0.3 is 0 Å². The molecule has 164 valence electrons. The van der Waals surface area contributed by atoms with Crippen molar-refractivity contribution in [3.05, 3.63) is 58.1 Å². The van der Waals surface area contributed by atoms with Crippen LogP contribution in [0, 0.1) is 18.8 Å². The lowest BCUT2D eigenvalue weighted by molar-refractivity contribution is 0.0304. The van der Waals surface area contributed by atoms with Crippen LogP contribution in [0.3, 0.4) is 0 Å². The van der Waals surface area contributed by atoms with E-state index in [1.807, 2.05) is 42.3 Å². The number of anilines is 1. The van der Waals surface area contributed by atoms with E-state index in [0.29, 0.717) is 30.5 Å². The fourth-order valence-corrected chi connectivity index (χ4v) is 5.33. The van der Waals surface area contributed by atoms with Crippen molar-refractivity contribution in [2.75, 3.05) is 25.5 Å². The molecule has 3 heterocycles. The van der Waals surface area contributed by atoms with E-state index in [4.69, 9.17) is 4.74 Å². The van der Waals surface area contributed by atoms with E-state index >= 15 is 0 Å². The van der Waals surface area contributed by atoms with Crippen LogP contribution in [0.4, 0.5) is 5.82 Å². The van der Waals surface area contributed by atoms with Crippen molar-refractivity contribution in [3.63, 3.8) is 0 Å². The highest BCUT2D eigenvalue weighted by Crippen LogP contribution is 2.39. The zero-order valence-electron chi connectivity index (χ0n) is 18.2. The van der Waals surface area contributed by atoms with Gasteiger partial charge in [0.15, 0.2) is 0 Å². The van der Waals surface area contributed by atoms with Gasteiger partial charge in [0.2, 0.25) is 0 Å². The molecule has 4 atom stereocenters. The highest BCUT2D eigenvalue weighted by atomic mass is 16.5. The molecular weight excluding hydrogens is 392 g/mol. The number of amides is 1. The van der Waals surface area contributed by atoms with Crippen molar-refractivity contribution >= 4 is 11.7 Å². The molecule has 0 unspecified atom stereocenters. The molecule has 2 aliphatic carbocycles. The summed E-state index contributed by atoms with van der Waals surface area (Å²) in [6, 6.07) is 8.16. The molecule has 2 aromatic heterocycles. The Morgan fingerprint density at radius 3 is 2.61 bits per heavy atom. The number of ether oxygens (including phenoxy) is 1. The lowest BCUT2D eigenvalue weighted by Crippen LogP contribution is -2.44. The van der Waals surface area contributed by atoms with Crippen LogP contribution in [-0.4, -0.2) is 52.7 Å². The minimum Gasteiger partial charge on any atom is -0.379 e. The minimum absolute atomic E-state index is 0.0730. The summed E-state index contributed by atoms with van der Waals surface area (Å²) in [5, 5.41) is 3.52. The topological polar surface area (TPSA) is 76.5 Å². The Kier molecular flexibility index (Phi) is 5.30. The van der Waals surface area contributed by atoms with Crippen LogP contribution in [0.15, 0.2) is 41.5 Å². The number of carbonyl (C=O) groups excluding carboxylic acids is 1. The second-order valence-corrected chi connectivity index (χ2v) is 9.26. The Bertz CT molecular complexity index is 1020. The third kappa shape index (κ3) is 3.87. The van der Waals surface area contributed by atoms with Gasteiger partial charge in [0.25, 0.3) is 11.5 Å². The molecule has 3 fully saturated rings. The molecule has 2 saturated carbocycles. The SMILES string of the molecule is CO[C@@H]1C[C@H]2CN(C(=O)c3c(C)ccn(C4CC4)c3=O)C[C@H]2C[C@H]1Nc1ccccn1. The molecule has 5 rings (SSSR count). The van der Waals surface area contributed by atoms with E-state index in [-0.39, 0.29) is 29.7 Å². The number of hydrogen-bond donors (Lipinski definition) is 1. The molecule has 0 radical (unpaired) electrons. The number of fused-ring (bicyclic) bond motifs is 1. The van der Waals surface area contributed by atoms with Gasteiger partial charge in [-0.15, -0.1) is 0 Å². The molecule has 3 aliphatic rings. The van der Waals surface area contributed by atoms with Gasteiger partial charge in [-0.3, -0.25) is 9.59 Å². The highest BCUT2D eigenvalue weighted by molar-refractivity contribution is 5.95. The van der Waals surface area contributed by atoms with E-state index in [2.05, 4.69) is 10.3 Å². The van der Waals surface area contributed by atoms with Crippen LogP contribution >= 0.6 is 0 Å². The Morgan fingerprint density at radius 2 is 1.94 bits per heavy atom. The van der Waals surface area contributed by atoms with E-state index in [1.54, 1.807) is 17.9 Å². The summed E-state index contributed by atoms with van der Waals surface area (Å²) < 4.78 is 7.55. The van der Waals surface area contributed by atoms with Gasteiger partial charge in [-0.25, -0.2) is 4.98 Å². The molecule has 2 aromatic rings. The number of rotatable bonds is 5. The van der Waals surface area contributed by atoms with Crippen LogP contribution in [0.5, 0.6) is 0 Å². The Hall–Kier alpha value is -2.67. The highest BCUT2D eigenvalue weighted by Gasteiger charge is 2.44. The van der Waals surface area contributed by atoms with Gasteiger partial charge in [0.1, 0.15) is 11.4 Å². The van der Waals surface area contributed by atoms with Gasteiger partial charge in [-0.2, -0.15) is 0 Å². The summed E-state index contributed by atoms with van der Waals surface area (Å²) in [7, 11) is 1.75. The molecule has 0 bridgehead atoms. The summed E-state index contributed by atoms with van der Waals surface area (Å²) >= 11 is 0. The van der Waals surface area contributed by atoms with Gasteiger partial charge in [0.05, 0.1) is 12.1 Å². The molecule has 1 N–H and O–H groups in total. The predicted molar refractivity (Wildman–Crippen MR) is 118 cm³/mol. The predicted octanol–water partition coefficient (Wildman–Crippen LogP) is 2.86. The molecule has 7 nitrogen and oxygen atoms in total.